The molecule has 2 N–H and O–H groups in total. The highest BCUT2D eigenvalue weighted by Gasteiger charge is 2.18. The number of hydrogen-bond donors (Lipinski definition) is 2. The molecule has 0 aliphatic heterocycles. The first-order chi connectivity index (χ1) is 9.92. The number of aromatic nitrogens is 2. The molecule has 0 saturated heterocycles. The van der Waals surface area contributed by atoms with Gasteiger partial charge in [0.2, 0.25) is 10.0 Å². The van der Waals surface area contributed by atoms with Crippen LogP contribution in [0.2, 0.25) is 0 Å². The first-order valence-electron chi connectivity index (χ1n) is 6.32. The smallest absolute Gasteiger partial charge is 0.242 e. The lowest BCUT2D eigenvalue weighted by molar-refractivity contribution is 0.580. The van der Waals surface area contributed by atoms with Crippen molar-refractivity contribution < 1.29 is 8.42 Å². The van der Waals surface area contributed by atoms with Gasteiger partial charge in [0.25, 0.3) is 0 Å². The first kappa shape index (κ1) is 16.2. The number of nitrogens with zero attached hydrogens (tertiary/aromatic N) is 2. The molecule has 1 heterocycles. The predicted octanol–water partition coefficient (Wildman–Crippen LogP) is 1.38. The average molecular weight is 373 g/mol. The fourth-order valence-corrected chi connectivity index (χ4v) is 3.92. The van der Waals surface area contributed by atoms with E-state index < -0.39 is 10.0 Å². The number of hydrogen-bond acceptors (Lipinski definition) is 4. The lowest BCUT2D eigenvalue weighted by Gasteiger charge is -2.10. The molecule has 0 spiro atoms. The van der Waals surface area contributed by atoms with Crippen LogP contribution < -0.4 is 10.0 Å². The maximum Gasteiger partial charge on any atom is 0.242 e. The van der Waals surface area contributed by atoms with Crippen molar-refractivity contribution in [2.24, 2.45) is 7.05 Å². The van der Waals surface area contributed by atoms with Crippen LogP contribution in [0, 0.1) is 0 Å². The molecular formula is C13H17BrN4O2S. The van der Waals surface area contributed by atoms with Gasteiger partial charge >= 0.3 is 0 Å². The van der Waals surface area contributed by atoms with Crippen molar-refractivity contribution in [3.8, 4) is 0 Å². The van der Waals surface area contributed by atoms with Crippen LogP contribution >= 0.6 is 15.9 Å². The molecule has 0 aliphatic rings. The maximum absolute atomic E-state index is 12.4. The molecule has 0 radical (unpaired) electrons. The Balaban J connectivity index is 2.20. The van der Waals surface area contributed by atoms with Crippen LogP contribution in [0.15, 0.2) is 40.0 Å². The molecular weight excluding hydrogens is 356 g/mol. The maximum atomic E-state index is 12.4. The Labute approximate surface area is 132 Å². The van der Waals surface area contributed by atoms with Crippen molar-refractivity contribution in [1.29, 1.82) is 0 Å². The molecule has 2 aromatic rings. The van der Waals surface area contributed by atoms with Crippen molar-refractivity contribution in [3.05, 3.63) is 46.2 Å². The SMILES string of the molecule is CNCc1ccc(Br)c(S(=O)(=O)NCc2cnn(C)c2)c1. The fraction of sp³-hybridized carbons (Fsp3) is 0.308. The van der Waals surface area contributed by atoms with Crippen LogP contribution in [0.4, 0.5) is 0 Å². The molecule has 0 saturated carbocycles. The number of sulfonamides is 1. The van der Waals surface area contributed by atoms with Gasteiger partial charge in [0.05, 0.1) is 11.1 Å². The van der Waals surface area contributed by atoms with Gasteiger partial charge in [0, 0.05) is 36.4 Å². The minimum absolute atomic E-state index is 0.207. The van der Waals surface area contributed by atoms with Crippen molar-refractivity contribution in [2.75, 3.05) is 7.05 Å². The molecule has 21 heavy (non-hydrogen) atoms. The highest BCUT2D eigenvalue weighted by atomic mass is 79.9. The van der Waals surface area contributed by atoms with Gasteiger partial charge in [-0.1, -0.05) is 6.07 Å². The quantitative estimate of drug-likeness (QED) is 0.802. The van der Waals surface area contributed by atoms with Crippen LogP contribution in [0.1, 0.15) is 11.1 Å². The minimum atomic E-state index is -3.58. The summed E-state index contributed by atoms with van der Waals surface area (Å²) in [4.78, 5) is 0.235. The molecule has 0 amide bonds. The van der Waals surface area contributed by atoms with Crippen LogP contribution in [-0.2, 0) is 30.2 Å². The summed E-state index contributed by atoms with van der Waals surface area (Å²) in [6.45, 7) is 0.817. The number of aryl methyl sites for hydroxylation is 1. The molecule has 0 fully saturated rings. The largest absolute Gasteiger partial charge is 0.316 e. The lowest BCUT2D eigenvalue weighted by atomic mass is 10.2. The summed E-state index contributed by atoms with van der Waals surface area (Å²) in [5, 5.41) is 7.01. The molecule has 1 aromatic heterocycles. The Bertz CT molecular complexity index is 728. The summed E-state index contributed by atoms with van der Waals surface area (Å²) in [5.74, 6) is 0. The zero-order valence-electron chi connectivity index (χ0n) is 11.8. The second kappa shape index (κ2) is 6.69. The van der Waals surface area contributed by atoms with E-state index in [-0.39, 0.29) is 11.4 Å². The van der Waals surface area contributed by atoms with E-state index in [2.05, 4.69) is 31.1 Å². The van der Waals surface area contributed by atoms with E-state index in [0.29, 0.717) is 11.0 Å². The van der Waals surface area contributed by atoms with E-state index in [9.17, 15) is 8.42 Å². The monoisotopic (exact) mass is 372 g/mol. The van der Waals surface area contributed by atoms with E-state index in [1.165, 1.54) is 0 Å². The second-order valence-corrected chi connectivity index (χ2v) is 7.23. The molecule has 8 heteroatoms. The van der Waals surface area contributed by atoms with Gasteiger partial charge in [-0.05, 0) is 40.7 Å². The van der Waals surface area contributed by atoms with Crippen molar-refractivity contribution in [3.63, 3.8) is 0 Å². The van der Waals surface area contributed by atoms with E-state index in [4.69, 9.17) is 0 Å². The van der Waals surface area contributed by atoms with Crippen LogP contribution in [-0.4, -0.2) is 25.2 Å². The van der Waals surface area contributed by atoms with E-state index >= 15 is 0 Å². The van der Waals surface area contributed by atoms with Gasteiger partial charge in [0.15, 0.2) is 0 Å². The standard InChI is InChI=1S/C13H17BrN4O2S/c1-15-6-10-3-4-12(14)13(5-10)21(19,20)17-8-11-7-16-18(2)9-11/h3-5,7,9,15,17H,6,8H2,1-2H3. The molecule has 0 atom stereocenters. The number of halogens is 1. The third-order valence-corrected chi connectivity index (χ3v) is 5.29. The molecule has 0 bridgehead atoms. The Hall–Kier alpha value is -1.22. The second-order valence-electron chi connectivity index (χ2n) is 4.64. The topological polar surface area (TPSA) is 76.0 Å². The summed E-state index contributed by atoms with van der Waals surface area (Å²) in [5.41, 5.74) is 1.71. The van der Waals surface area contributed by atoms with Crippen molar-refractivity contribution in [2.45, 2.75) is 18.0 Å². The van der Waals surface area contributed by atoms with Gasteiger partial charge in [-0.3, -0.25) is 4.68 Å². The predicted molar refractivity (Wildman–Crippen MR) is 84.1 cm³/mol. The third-order valence-electron chi connectivity index (χ3n) is 2.89. The van der Waals surface area contributed by atoms with Gasteiger partial charge in [-0.2, -0.15) is 5.10 Å². The molecule has 114 valence electrons. The zero-order valence-corrected chi connectivity index (χ0v) is 14.2. The Morgan fingerprint density at radius 2 is 2.05 bits per heavy atom. The Morgan fingerprint density at radius 3 is 2.67 bits per heavy atom. The highest BCUT2D eigenvalue weighted by Crippen LogP contribution is 2.23. The molecule has 1 aromatic carbocycles. The summed E-state index contributed by atoms with van der Waals surface area (Å²) >= 11 is 3.29. The number of rotatable bonds is 6. The first-order valence-corrected chi connectivity index (χ1v) is 8.60. The molecule has 6 nitrogen and oxygen atoms in total. The highest BCUT2D eigenvalue weighted by molar-refractivity contribution is 9.10. The zero-order chi connectivity index (χ0) is 15.5. The normalized spacial score (nSPS) is 11.8. The Morgan fingerprint density at radius 1 is 1.29 bits per heavy atom. The van der Waals surface area contributed by atoms with Gasteiger partial charge in [-0.15, -0.1) is 0 Å². The summed E-state index contributed by atoms with van der Waals surface area (Å²) in [6.07, 6.45) is 3.41. The van der Waals surface area contributed by atoms with Crippen LogP contribution in [0.3, 0.4) is 0 Å². The van der Waals surface area contributed by atoms with Gasteiger partial charge in [-0.25, -0.2) is 13.1 Å². The number of nitrogens with one attached hydrogen (secondary N) is 2. The van der Waals surface area contributed by atoms with Crippen LogP contribution in [0.5, 0.6) is 0 Å². The van der Waals surface area contributed by atoms with Gasteiger partial charge in [0.1, 0.15) is 0 Å². The van der Waals surface area contributed by atoms with Gasteiger partial charge < -0.3 is 5.32 Å². The Kier molecular flexibility index (Phi) is 5.15. The fourth-order valence-electron chi connectivity index (χ4n) is 1.89. The lowest BCUT2D eigenvalue weighted by Crippen LogP contribution is -2.23. The minimum Gasteiger partial charge on any atom is -0.316 e. The van der Waals surface area contributed by atoms with E-state index in [1.807, 2.05) is 13.1 Å². The average Bonchev–Trinajstić information content (AvgIpc) is 2.85. The van der Waals surface area contributed by atoms with E-state index in [0.717, 1.165) is 11.1 Å². The molecule has 0 aliphatic carbocycles. The summed E-state index contributed by atoms with van der Waals surface area (Å²) in [6, 6.07) is 5.28. The van der Waals surface area contributed by atoms with Crippen LogP contribution in [0.25, 0.3) is 0 Å². The third kappa shape index (κ3) is 4.13. The summed E-state index contributed by atoms with van der Waals surface area (Å²) in [7, 11) is 0.0215. The van der Waals surface area contributed by atoms with Crippen molar-refractivity contribution >= 4 is 26.0 Å². The molecule has 2 rings (SSSR count). The van der Waals surface area contributed by atoms with Crippen molar-refractivity contribution in [1.82, 2.24) is 19.8 Å². The summed E-state index contributed by atoms with van der Waals surface area (Å²) < 4.78 is 29.6. The number of benzene rings is 1. The van der Waals surface area contributed by atoms with E-state index in [1.54, 1.807) is 36.3 Å². The molecule has 0 unspecified atom stereocenters.